The van der Waals surface area contributed by atoms with E-state index in [1.807, 2.05) is 6.07 Å². The van der Waals surface area contributed by atoms with Crippen LogP contribution in [0, 0.1) is 5.92 Å². The van der Waals surface area contributed by atoms with Crippen molar-refractivity contribution in [2.75, 3.05) is 13.1 Å². The van der Waals surface area contributed by atoms with Crippen molar-refractivity contribution in [1.29, 1.82) is 0 Å². The molecule has 0 aromatic carbocycles. The molecule has 1 fully saturated rings. The minimum absolute atomic E-state index is 0.172. The van der Waals surface area contributed by atoms with Gasteiger partial charge in [0.1, 0.15) is 0 Å². The SMILES string of the molecule is NC(CC1CCNCC1)c1ccc(Cl)s1. The third kappa shape index (κ3) is 3.18. The highest BCUT2D eigenvalue weighted by molar-refractivity contribution is 7.16. The summed E-state index contributed by atoms with van der Waals surface area (Å²) < 4.78 is 0.839. The molecule has 1 saturated heterocycles. The average Bonchev–Trinajstić information content (AvgIpc) is 2.66. The van der Waals surface area contributed by atoms with E-state index in [4.69, 9.17) is 17.3 Å². The van der Waals surface area contributed by atoms with E-state index in [0.29, 0.717) is 0 Å². The van der Waals surface area contributed by atoms with Gasteiger partial charge in [0.15, 0.2) is 0 Å². The summed E-state index contributed by atoms with van der Waals surface area (Å²) in [5, 5.41) is 3.37. The van der Waals surface area contributed by atoms with Crippen LogP contribution in [0.3, 0.4) is 0 Å². The van der Waals surface area contributed by atoms with E-state index in [2.05, 4.69) is 11.4 Å². The minimum Gasteiger partial charge on any atom is -0.323 e. The summed E-state index contributed by atoms with van der Waals surface area (Å²) in [6, 6.07) is 4.16. The van der Waals surface area contributed by atoms with E-state index in [1.165, 1.54) is 17.7 Å². The normalized spacial score (nSPS) is 20.4. The Hall–Kier alpha value is -0.0900. The van der Waals surface area contributed by atoms with Crippen molar-refractivity contribution in [2.24, 2.45) is 11.7 Å². The van der Waals surface area contributed by atoms with Crippen LogP contribution < -0.4 is 11.1 Å². The topological polar surface area (TPSA) is 38.0 Å². The number of nitrogens with two attached hydrogens (primary N) is 1. The first kappa shape index (κ1) is 11.4. The summed E-state index contributed by atoms with van der Waals surface area (Å²) in [4.78, 5) is 1.22. The molecular weight excluding hydrogens is 228 g/mol. The molecule has 1 aromatic rings. The molecule has 1 aliphatic heterocycles. The van der Waals surface area contributed by atoms with Crippen molar-refractivity contribution in [3.05, 3.63) is 21.3 Å². The van der Waals surface area contributed by atoms with Gasteiger partial charge in [0, 0.05) is 10.9 Å². The Morgan fingerprint density at radius 1 is 1.47 bits per heavy atom. The van der Waals surface area contributed by atoms with E-state index in [1.54, 1.807) is 11.3 Å². The smallest absolute Gasteiger partial charge is 0.0931 e. The molecule has 1 aliphatic rings. The van der Waals surface area contributed by atoms with Gasteiger partial charge < -0.3 is 11.1 Å². The maximum atomic E-state index is 6.17. The molecule has 84 valence electrons. The van der Waals surface area contributed by atoms with Crippen LogP contribution in [0.2, 0.25) is 4.34 Å². The Morgan fingerprint density at radius 3 is 2.80 bits per heavy atom. The first-order chi connectivity index (χ1) is 7.25. The molecule has 2 rings (SSSR count). The van der Waals surface area contributed by atoms with Crippen LogP contribution in [-0.2, 0) is 0 Å². The number of halogens is 1. The van der Waals surface area contributed by atoms with Crippen molar-refractivity contribution in [3.8, 4) is 0 Å². The average molecular weight is 245 g/mol. The van der Waals surface area contributed by atoms with Crippen molar-refractivity contribution >= 4 is 22.9 Å². The summed E-state index contributed by atoms with van der Waals surface area (Å²) in [6.07, 6.45) is 3.61. The molecule has 4 heteroatoms. The highest BCUT2D eigenvalue weighted by atomic mass is 35.5. The van der Waals surface area contributed by atoms with Crippen LogP contribution in [0.5, 0.6) is 0 Å². The Balaban J connectivity index is 1.88. The van der Waals surface area contributed by atoms with Gasteiger partial charge in [-0.25, -0.2) is 0 Å². The van der Waals surface area contributed by atoms with Gasteiger partial charge in [0.2, 0.25) is 0 Å². The highest BCUT2D eigenvalue weighted by Gasteiger charge is 2.18. The molecule has 1 atom stereocenters. The van der Waals surface area contributed by atoms with Gasteiger partial charge in [-0.3, -0.25) is 0 Å². The van der Waals surface area contributed by atoms with Crippen molar-refractivity contribution in [3.63, 3.8) is 0 Å². The lowest BCUT2D eigenvalue weighted by Crippen LogP contribution is -2.29. The summed E-state index contributed by atoms with van der Waals surface area (Å²) in [6.45, 7) is 2.28. The number of thiophene rings is 1. The number of hydrogen-bond donors (Lipinski definition) is 2. The Morgan fingerprint density at radius 2 is 2.20 bits per heavy atom. The standard InChI is InChI=1S/C11H17ClN2S/c12-11-2-1-10(15-11)9(13)7-8-3-5-14-6-4-8/h1-2,8-9,14H,3-7,13H2. The van der Waals surface area contributed by atoms with Gasteiger partial charge >= 0.3 is 0 Å². The Labute approximate surface area is 99.8 Å². The fourth-order valence-electron chi connectivity index (χ4n) is 2.12. The second-order valence-electron chi connectivity index (χ2n) is 4.18. The Bertz CT molecular complexity index is 307. The maximum Gasteiger partial charge on any atom is 0.0931 e. The van der Waals surface area contributed by atoms with Crippen LogP contribution in [0.1, 0.15) is 30.2 Å². The van der Waals surface area contributed by atoms with E-state index in [-0.39, 0.29) is 6.04 Å². The number of hydrogen-bond acceptors (Lipinski definition) is 3. The molecule has 0 radical (unpaired) electrons. The fraction of sp³-hybridized carbons (Fsp3) is 0.636. The molecule has 1 aromatic heterocycles. The second-order valence-corrected chi connectivity index (χ2v) is 5.92. The molecule has 0 bridgehead atoms. The second kappa shape index (κ2) is 5.30. The molecule has 0 spiro atoms. The molecule has 1 unspecified atom stereocenters. The number of nitrogens with one attached hydrogen (secondary N) is 1. The van der Waals surface area contributed by atoms with Crippen LogP contribution in [0.4, 0.5) is 0 Å². The molecule has 3 N–H and O–H groups in total. The molecular formula is C11H17ClN2S. The van der Waals surface area contributed by atoms with Crippen molar-refractivity contribution < 1.29 is 0 Å². The number of piperidine rings is 1. The molecule has 0 amide bonds. The highest BCUT2D eigenvalue weighted by Crippen LogP contribution is 2.31. The lowest BCUT2D eigenvalue weighted by molar-refractivity contribution is 0.334. The summed E-state index contributed by atoms with van der Waals surface area (Å²) in [5.74, 6) is 0.780. The van der Waals surface area contributed by atoms with Gasteiger partial charge in [-0.15, -0.1) is 11.3 Å². The minimum atomic E-state index is 0.172. The zero-order valence-electron chi connectivity index (χ0n) is 8.71. The third-order valence-corrected chi connectivity index (χ3v) is 4.37. The van der Waals surface area contributed by atoms with E-state index in [9.17, 15) is 0 Å². The summed E-state index contributed by atoms with van der Waals surface area (Å²) in [5.41, 5.74) is 6.17. The molecule has 0 aliphatic carbocycles. The summed E-state index contributed by atoms with van der Waals surface area (Å²) >= 11 is 7.51. The van der Waals surface area contributed by atoms with Gasteiger partial charge in [-0.2, -0.15) is 0 Å². The van der Waals surface area contributed by atoms with Crippen LogP contribution >= 0.6 is 22.9 Å². The van der Waals surface area contributed by atoms with Crippen LogP contribution in [0.15, 0.2) is 12.1 Å². The van der Waals surface area contributed by atoms with E-state index < -0.39 is 0 Å². The maximum absolute atomic E-state index is 6.17. The molecule has 2 heterocycles. The monoisotopic (exact) mass is 244 g/mol. The zero-order chi connectivity index (χ0) is 10.7. The first-order valence-electron chi connectivity index (χ1n) is 5.47. The predicted molar refractivity (Wildman–Crippen MR) is 66.5 cm³/mol. The molecule has 2 nitrogen and oxygen atoms in total. The molecule has 0 saturated carbocycles. The predicted octanol–water partition coefficient (Wildman–Crippen LogP) is 2.79. The third-order valence-electron chi connectivity index (χ3n) is 3.01. The van der Waals surface area contributed by atoms with Crippen molar-refractivity contribution in [1.82, 2.24) is 5.32 Å². The van der Waals surface area contributed by atoms with E-state index in [0.717, 1.165) is 29.8 Å². The van der Waals surface area contributed by atoms with Gasteiger partial charge in [0.05, 0.1) is 4.34 Å². The van der Waals surface area contributed by atoms with E-state index >= 15 is 0 Å². The lowest BCUT2D eigenvalue weighted by Gasteiger charge is -2.24. The zero-order valence-corrected chi connectivity index (χ0v) is 10.3. The largest absolute Gasteiger partial charge is 0.323 e. The Kier molecular flexibility index (Phi) is 4.03. The quantitative estimate of drug-likeness (QED) is 0.858. The van der Waals surface area contributed by atoms with Gasteiger partial charge in [-0.05, 0) is 50.4 Å². The van der Waals surface area contributed by atoms with Gasteiger partial charge in [0.25, 0.3) is 0 Å². The fourth-order valence-corrected chi connectivity index (χ4v) is 3.20. The van der Waals surface area contributed by atoms with Crippen LogP contribution in [0.25, 0.3) is 0 Å². The van der Waals surface area contributed by atoms with Crippen LogP contribution in [-0.4, -0.2) is 13.1 Å². The summed E-state index contributed by atoms with van der Waals surface area (Å²) in [7, 11) is 0. The van der Waals surface area contributed by atoms with Gasteiger partial charge in [-0.1, -0.05) is 11.6 Å². The molecule has 15 heavy (non-hydrogen) atoms. The first-order valence-corrected chi connectivity index (χ1v) is 6.66. The van der Waals surface area contributed by atoms with Crippen molar-refractivity contribution in [2.45, 2.75) is 25.3 Å². The lowest BCUT2D eigenvalue weighted by atomic mass is 9.91. The number of rotatable bonds is 3.